The van der Waals surface area contributed by atoms with Gasteiger partial charge in [0, 0.05) is 30.5 Å². The summed E-state index contributed by atoms with van der Waals surface area (Å²) in [6.45, 7) is 2.60. The topological polar surface area (TPSA) is 64.4 Å². The zero-order chi connectivity index (χ0) is 16.2. The summed E-state index contributed by atoms with van der Waals surface area (Å²) in [6.07, 6.45) is 1.92. The molecule has 1 heterocycles. The van der Waals surface area contributed by atoms with Crippen LogP contribution in [-0.2, 0) is 4.74 Å². The maximum atomic E-state index is 10.8. The lowest BCUT2D eigenvalue weighted by atomic mass is 9.97. The van der Waals surface area contributed by atoms with Gasteiger partial charge in [0.15, 0.2) is 0 Å². The highest BCUT2D eigenvalue weighted by Gasteiger charge is 2.24. The van der Waals surface area contributed by atoms with Crippen molar-refractivity contribution in [1.29, 1.82) is 0 Å². The number of non-ortho nitro benzene ring substituents is 1. The van der Waals surface area contributed by atoms with Crippen molar-refractivity contribution >= 4 is 11.4 Å². The van der Waals surface area contributed by atoms with E-state index in [1.54, 1.807) is 18.2 Å². The summed E-state index contributed by atoms with van der Waals surface area (Å²) in [5.74, 6) is 0. The predicted octanol–water partition coefficient (Wildman–Crippen LogP) is 4.24. The van der Waals surface area contributed by atoms with Gasteiger partial charge in [0.05, 0.1) is 11.0 Å². The van der Waals surface area contributed by atoms with Crippen LogP contribution in [-0.4, -0.2) is 17.6 Å². The summed E-state index contributed by atoms with van der Waals surface area (Å²) < 4.78 is 5.88. The average Bonchev–Trinajstić information content (AvgIpc) is 2.57. The van der Waals surface area contributed by atoms with Crippen LogP contribution in [0.25, 0.3) is 0 Å². The largest absolute Gasteiger partial charge is 0.382 e. The number of ether oxygens (including phenoxy) is 1. The van der Waals surface area contributed by atoms with Crippen molar-refractivity contribution in [2.75, 3.05) is 11.9 Å². The Bertz CT molecular complexity index is 688. The van der Waals surface area contributed by atoms with E-state index in [2.05, 4.69) is 17.4 Å². The number of nitro groups is 1. The first-order valence-corrected chi connectivity index (χ1v) is 7.81. The van der Waals surface area contributed by atoms with E-state index in [9.17, 15) is 10.1 Å². The molecule has 5 nitrogen and oxygen atoms in total. The molecular weight excluding hydrogens is 292 g/mol. The Morgan fingerprint density at radius 1 is 1.22 bits per heavy atom. The number of nitrogens with one attached hydrogen (secondary N) is 1. The van der Waals surface area contributed by atoms with E-state index < -0.39 is 0 Å². The first kappa shape index (κ1) is 15.5. The van der Waals surface area contributed by atoms with Gasteiger partial charge < -0.3 is 10.1 Å². The number of nitrogens with zero attached hydrogens (tertiary/aromatic N) is 1. The van der Waals surface area contributed by atoms with Crippen molar-refractivity contribution in [3.05, 3.63) is 69.8 Å². The summed E-state index contributed by atoms with van der Waals surface area (Å²) >= 11 is 0. The molecule has 2 atom stereocenters. The van der Waals surface area contributed by atoms with Gasteiger partial charge in [-0.1, -0.05) is 30.3 Å². The summed E-state index contributed by atoms with van der Waals surface area (Å²) in [6, 6.07) is 15.5. The van der Waals surface area contributed by atoms with Gasteiger partial charge in [-0.3, -0.25) is 10.1 Å². The first-order valence-electron chi connectivity index (χ1n) is 7.81. The van der Waals surface area contributed by atoms with Gasteiger partial charge >= 0.3 is 0 Å². The lowest BCUT2D eigenvalue weighted by Gasteiger charge is -2.31. The molecule has 120 valence electrons. The molecule has 2 aromatic carbocycles. The predicted molar refractivity (Wildman–Crippen MR) is 89.6 cm³/mol. The van der Waals surface area contributed by atoms with Gasteiger partial charge in [-0.2, -0.15) is 0 Å². The standard InChI is InChI=1S/C18H20N2O3/c1-13-11-16(20(21)22)7-8-17(13)19-15-9-10-23-18(12-15)14-5-3-2-4-6-14/h2-8,11,15,18-19H,9-10,12H2,1H3. The fourth-order valence-corrected chi connectivity index (χ4v) is 2.97. The highest BCUT2D eigenvalue weighted by atomic mass is 16.6. The van der Waals surface area contributed by atoms with Gasteiger partial charge in [-0.05, 0) is 37.0 Å². The van der Waals surface area contributed by atoms with E-state index in [1.807, 2.05) is 25.1 Å². The van der Waals surface area contributed by atoms with Crippen LogP contribution in [0.1, 0.15) is 30.1 Å². The molecule has 23 heavy (non-hydrogen) atoms. The molecular formula is C18H20N2O3. The minimum absolute atomic E-state index is 0.0980. The van der Waals surface area contributed by atoms with Gasteiger partial charge in [-0.25, -0.2) is 0 Å². The van der Waals surface area contributed by atoms with Crippen LogP contribution in [0.3, 0.4) is 0 Å². The molecule has 1 aliphatic heterocycles. The molecule has 0 aromatic heterocycles. The van der Waals surface area contributed by atoms with Crippen molar-refractivity contribution in [2.24, 2.45) is 0 Å². The molecule has 1 saturated heterocycles. The van der Waals surface area contributed by atoms with Crippen LogP contribution < -0.4 is 5.32 Å². The Balaban J connectivity index is 1.69. The molecule has 1 aliphatic rings. The van der Waals surface area contributed by atoms with Gasteiger partial charge in [0.2, 0.25) is 0 Å². The van der Waals surface area contributed by atoms with Gasteiger partial charge in [-0.15, -0.1) is 0 Å². The summed E-state index contributed by atoms with van der Waals surface area (Å²) in [4.78, 5) is 10.5. The molecule has 0 spiro atoms. The van der Waals surface area contributed by atoms with Crippen molar-refractivity contribution < 1.29 is 9.66 Å². The van der Waals surface area contributed by atoms with E-state index in [0.29, 0.717) is 12.6 Å². The minimum atomic E-state index is -0.364. The van der Waals surface area contributed by atoms with Crippen LogP contribution in [0, 0.1) is 17.0 Å². The number of benzene rings is 2. The lowest BCUT2D eigenvalue weighted by Crippen LogP contribution is -2.30. The summed E-state index contributed by atoms with van der Waals surface area (Å²) in [7, 11) is 0. The molecule has 0 bridgehead atoms. The number of aryl methyl sites for hydroxylation is 1. The third-order valence-electron chi connectivity index (χ3n) is 4.24. The van der Waals surface area contributed by atoms with E-state index >= 15 is 0 Å². The molecule has 0 radical (unpaired) electrons. The Morgan fingerprint density at radius 3 is 2.70 bits per heavy atom. The second kappa shape index (κ2) is 6.79. The lowest BCUT2D eigenvalue weighted by molar-refractivity contribution is -0.384. The van der Waals surface area contributed by atoms with E-state index in [4.69, 9.17) is 4.74 Å². The zero-order valence-corrected chi connectivity index (χ0v) is 13.1. The van der Waals surface area contributed by atoms with Crippen molar-refractivity contribution in [2.45, 2.75) is 31.9 Å². The van der Waals surface area contributed by atoms with Crippen LogP contribution in [0.15, 0.2) is 48.5 Å². The Labute approximate surface area is 135 Å². The number of hydrogen-bond acceptors (Lipinski definition) is 4. The Hall–Kier alpha value is -2.40. The minimum Gasteiger partial charge on any atom is -0.382 e. The summed E-state index contributed by atoms with van der Waals surface area (Å²) in [5, 5.41) is 14.3. The third kappa shape index (κ3) is 3.68. The van der Waals surface area contributed by atoms with E-state index in [-0.39, 0.29) is 16.7 Å². The normalized spacial score (nSPS) is 20.9. The number of hydrogen-bond donors (Lipinski definition) is 1. The second-order valence-electron chi connectivity index (χ2n) is 5.89. The third-order valence-corrected chi connectivity index (χ3v) is 4.24. The van der Waals surface area contributed by atoms with Crippen LogP contribution in [0.2, 0.25) is 0 Å². The molecule has 3 rings (SSSR count). The molecule has 2 aromatic rings. The van der Waals surface area contributed by atoms with Crippen molar-refractivity contribution in [3.63, 3.8) is 0 Å². The molecule has 2 unspecified atom stereocenters. The smallest absolute Gasteiger partial charge is 0.269 e. The van der Waals surface area contributed by atoms with Crippen molar-refractivity contribution in [3.8, 4) is 0 Å². The van der Waals surface area contributed by atoms with E-state index in [0.717, 1.165) is 24.1 Å². The quantitative estimate of drug-likeness (QED) is 0.677. The van der Waals surface area contributed by atoms with Gasteiger partial charge in [0.1, 0.15) is 0 Å². The van der Waals surface area contributed by atoms with Crippen molar-refractivity contribution in [1.82, 2.24) is 0 Å². The highest BCUT2D eigenvalue weighted by molar-refractivity contribution is 5.56. The fraction of sp³-hybridized carbons (Fsp3) is 0.333. The molecule has 1 fully saturated rings. The monoisotopic (exact) mass is 312 g/mol. The molecule has 0 aliphatic carbocycles. The average molecular weight is 312 g/mol. The number of anilines is 1. The maximum absolute atomic E-state index is 10.8. The molecule has 1 N–H and O–H groups in total. The molecule has 5 heteroatoms. The molecule has 0 amide bonds. The first-order chi connectivity index (χ1) is 11.1. The maximum Gasteiger partial charge on any atom is 0.269 e. The second-order valence-corrected chi connectivity index (χ2v) is 5.89. The number of nitro benzene ring substituents is 1. The summed E-state index contributed by atoms with van der Waals surface area (Å²) in [5.41, 5.74) is 3.16. The zero-order valence-electron chi connectivity index (χ0n) is 13.1. The van der Waals surface area contributed by atoms with E-state index in [1.165, 1.54) is 5.56 Å². The Morgan fingerprint density at radius 2 is 2.00 bits per heavy atom. The SMILES string of the molecule is Cc1cc([N+](=O)[O-])ccc1NC1CCOC(c2ccccc2)C1. The highest BCUT2D eigenvalue weighted by Crippen LogP contribution is 2.31. The van der Waals surface area contributed by atoms with Crippen LogP contribution in [0.4, 0.5) is 11.4 Å². The van der Waals surface area contributed by atoms with Crippen LogP contribution >= 0.6 is 0 Å². The van der Waals surface area contributed by atoms with Crippen LogP contribution in [0.5, 0.6) is 0 Å². The fourth-order valence-electron chi connectivity index (χ4n) is 2.97. The van der Waals surface area contributed by atoms with Gasteiger partial charge in [0.25, 0.3) is 5.69 Å². The number of rotatable bonds is 4. The Kier molecular flexibility index (Phi) is 4.57. The molecule has 0 saturated carbocycles.